The summed E-state index contributed by atoms with van der Waals surface area (Å²) in [7, 11) is 0. The van der Waals surface area contributed by atoms with Crippen LogP contribution in [-0.4, -0.2) is 4.57 Å². The average molecular weight is 602 g/mol. The number of hydrogen-bond acceptors (Lipinski definition) is 1. The molecule has 0 aliphatic heterocycles. The summed E-state index contributed by atoms with van der Waals surface area (Å²) in [5.74, 6) is 0. The summed E-state index contributed by atoms with van der Waals surface area (Å²) in [6.07, 6.45) is 0. The molecule has 0 saturated carbocycles. The van der Waals surface area contributed by atoms with E-state index in [1.54, 1.807) is 0 Å². The Kier molecular flexibility index (Phi) is 5.37. The van der Waals surface area contributed by atoms with Crippen molar-refractivity contribution in [3.63, 3.8) is 0 Å². The molecule has 0 spiro atoms. The van der Waals surface area contributed by atoms with Gasteiger partial charge in [0.25, 0.3) is 0 Å². The van der Waals surface area contributed by atoms with Gasteiger partial charge in [0.2, 0.25) is 0 Å². The Labute approximate surface area is 273 Å². The lowest BCUT2D eigenvalue weighted by Gasteiger charge is -2.23. The third kappa shape index (κ3) is 3.61. The van der Waals surface area contributed by atoms with E-state index in [-0.39, 0.29) is 5.41 Å². The van der Waals surface area contributed by atoms with Gasteiger partial charge in [-0.25, -0.2) is 0 Å². The van der Waals surface area contributed by atoms with Gasteiger partial charge in [-0.2, -0.15) is 0 Å². The van der Waals surface area contributed by atoms with Gasteiger partial charge in [0.05, 0.1) is 11.0 Å². The van der Waals surface area contributed by atoms with Crippen LogP contribution in [0.4, 0.5) is 0 Å². The van der Waals surface area contributed by atoms with Gasteiger partial charge in [-0.3, -0.25) is 0 Å². The molecule has 0 amide bonds. The molecule has 10 rings (SSSR count). The summed E-state index contributed by atoms with van der Waals surface area (Å²) in [6, 6.07) is 54.9. The van der Waals surface area contributed by atoms with Crippen LogP contribution in [0.25, 0.3) is 82.8 Å². The molecule has 0 N–H and O–H groups in total. The summed E-state index contributed by atoms with van der Waals surface area (Å²) >= 11 is 0. The third-order valence-electron chi connectivity index (χ3n) is 10.4. The first kappa shape index (κ1) is 26.4. The Morgan fingerprint density at radius 2 is 1.04 bits per heavy atom. The van der Waals surface area contributed by atoms with Crippen LogP contribution >= 0.6 is 0 Å². The lowest BCUT2D eigenvalue weighted by molar-refractivity contribution is 0.664. The van der Waals surface area contributed by atoms with Crippen molar-refractivity contribution >= 4 is 43.7 Å². The zero-order valence-electron chi connectivity index (χ0n) is 26.3. The summed E-state index contributed by atoms with van der Waals surface area (Å²) < 4.78 is 9.22. The largest absolute Gasteiger partial charge is 0.455 e. The lowest BCUT2D eigenvalue weighted by Crippen LogP contribution is -2.16. The van der Waals surface area contributed by atoms with Gasteiger partial charge in [-0.05, 0) is 51.6 Å². The summed E-state index contributed by atoms with van der Waals surface area (Å²) in [5.41, 5.74) is 15.4. The Hall–Kier alpha value is -5.86. The highest BCUT2D eigenvalue weighted by Gasteiger charge is 2.38. The van der Waals surface area contributed by atoms with Crippen LogP contribution in [0.3, 0.4) is 0 Å². The van der Waals surface area contributed by atoms with Crippen molar-refractivity contribution in [2.75, 3.05) is 0 Å². The van der Waals surface area contributed by atoms with E-state index in [1.807, 2.05) is 0 Å². The predicted molar refractivity (Wildman–Crippen MR) is 196 cm³/mol. The van der Waals surface area contributed by atoms with Crippen LogP contribution in [0.1, 0.15) is 25.0 Å². The molecular weight excluding hydrogens is 571 g/mol. The molecule has 0 radical (unpaired) electrons. The van der Waals surface area contributed by atoms with E-state index in [9.17, 15) is 0 Å². The third-order valence-corrected chi connectivity index (χ3v) is 10.4. The second kappa shape index (κ2) is 9.57. The highest BCUT2D eigenvalue weighted by Crippen LogP contribution is 2.53. The SMILES string of the molecule is CC1(C)c2ccccc2-c2ccc3c4ccccc4n(-c4ccc(-c5cccc6c5oc5c(-c7ccccc7)cccc56)cc4)c3c21. The molecule has 2 nitrogen and oxygen atoms in total. The number of aromatic nitrogens is 1. The number of hydrogen-bond donors (Lipinski definition) is 0. The first-order chi connectivity index (χ1) is 23.1. The molecule has 1 aliphatic carbocycles. The van der Waals surface area contributed by atoms with E-state index in [0.717, 1.165) is 49.9 Å². The second-order valence-corrected chi connectivity index (χ2v) is 13.3. The van der Waals surface area contributed by atoms with Crippen molar-refractivity contribution in [3.8, 4) is 39.1 Å². The van der Waals surface area contributed by atoms with Gasteiger partial charge in [0, 0.05) is 43.8 Å². The number of para-hydroxylation sites is 3. The first-order valence-corrected chi connectivity index (χ1v) is 16.4. The second-order valence-electron chi connectivity index (χ2n) is 13.3. The maximum atomic E-state index is 6.74. The van der Waals surface area contributed by atoms with Gasteiger partial charge in [-0.1, -0.05) is 147 Å². The maximum absolute atomic E-state index is 6.74. The summed E-state index contributed by atoms with van der Waals surface area (Å²) in [6.45, 7) is 4.75. The topological polar surface area (TPSA) is 18.1 Å². The van der Waals surface area contributed by atoms with Crippen LogP contribution < -0.4 is 0 Å². The van der Waals surface area contributed by atoms with Crippen LogP contribution in [-0.2, 0) is 5.41 Å². The molecule has 0 bridgehead atoms. The average Bonchev–Trinajstić information content (AvgIpc) is 3.75. The quantitative estimate of drug-likeness (QED) is 0.197. The molecule has 0 unspecified atom stereocenters. The first-order valence-electron chi connectivity index (χ1n) is 16.4. The molecule has 9 aromatic rings. The number of rotatable bonds is 3. The van der Waals surface area contributed by atoms with Gasteiger partial charge >= 0.3 is 0 Å². The highest BCUT2D eigenvalue weighted by molar-refractivity contribution is 6.14. The molecule has 47 heavy (non-hydrogen) atoms. The van der Waals surface area contributed by atoms with E-state index in [2.05, 4.69) is 170 Å². The van der Waals surface area contributed by atoms with Crippen LogP contribution in [0.5, 0.6) is 0 Å². The number of furan rings is 1. The van der Waals surface area contributed by atoms with Gasteiger partial charge < -0.3 is 8.98 Å². The molecule has 7 aromatic carbocycles. The maximum Gasteiger partial charge on any atom is 0.143 e. The van der Waals surface area contributed by atoms with Gasteiger partial charge in [0.1, 0.15) is 11.2 Å². The smallest absolute Gasteiger partial charge is 0.143 e. The van der Waals surface area contributed by atoms with Crippen molar-refractivity contribution in [2.45, 2.75) is 19.3 Å². The minimum Gasteiger partial charge on any atom is -0.455 e. The highest BCUT2D eigenvalue weighted by atomic mass is 16.3. The van der Waals surface area contributed by atoms with E-state index >= 15 is 0 Å². The Morgan fingerprint density at radius 1 is 0.447 bits per heavy atom. The molecule has 2 heteroatoms. The normalized spacial score (nSPS) is 13.5. The van der Waals surface area contributed by atoms with Crippen LogP contribution in [0, 0.1) is 0 Å². The number of benzene rings is 7. The van der Waals surface area contributed by atoms with Crippen LogP contribution in [0.15, 0.2) is 156 Å². The number of nitrogens with zero attached hydrogens (tertiary/aromatic N) is 1. The Balaban J connectivity index is 1.17. The van der Waals surface area contributed by atoms with Crippen molar-refractivity contribution in [3.05, 3.63) is 163 Å². The minimum absolute atomic E-state index is 0.118. The Morgan fingerprint density at radius 3 is 1.79 bits per heavy atom. The monoisotopic (exact) mass is 601 g/mol. The van der Waals surface area contributed by atoms with Crippen molar-refractivity contribution in [1.29, 1.82) is 0 Å². The fraction of sp³-hybridized carbons (Fsp3) is 0.0667. The minimum atomic E-state index is -0.118. The van der Waals surface area contributed by atoms with Crippen molar-refractivity contribution in [2.24, 2.45) is 0 Å². The molecule has 0 fully saturated rings. The summed E-state index contributed by atoms with van der Waals surface area (Å²) in [4.78, 5) is 0. The molecule has 0 atom stereocenters. The molecule has 0 saturated heterocycles. The molecule has 1 aliphatic rings. The van der Waals surface area contributed by atoms with Gasteiger partial charge in [0.15, 0.2) is 0 Å². The van der Waals surface area contributed by atoms with Gasteiger partial charge in [-0.15, -0.1) is 0 Å². The molecular formula is C45H31NO. The molecule has 2 heterocycles. The zero-order valence-corrected chi connectivity index (χ0v) is 26.3. The number of fused-ring (bicyclic) bond motifs is 10. The van der Waals surface area contributed by atoms with Crippen LogP contribution in [0.2, 0.25) is 0 Å². The van der Waals surface area contributed by atoms with E-state index in [4.69, 9.17) is 4.42 Å². The Bertz CT molecular complexity index is 2690. The molecule has 222 valence electrons. The summed E-state index contributed by atoms with van der Waals surface area (Å²) in [5, 5.41) is 4.86. The lowest BCUT2D eigenvalue weighted by atomic mass is 9.81. The predicted octanol–water partition coefficient (Wildman–Crippen LogP) is 12.3. The van der Waals surface area contributed by atoms with E-state index in [0.29, 0.717) is 0 Å². The standard InChI is InChI=1S/C45H31NO/c1-45(2)39-20-8-6-14-33(39)35-26-27-36-34-15-7-9-21-40(34)46(42(36)41(35)45)30-24-22-29(23-25-30)32-17-11-19-38-37-18-10-16-31(43(37)47-44(32)38)28-12-4-3-5-13-28/h3-27H,1-2H3. The van der Waals surface area contributed by atoms with Crippen molar-refractivity contribution < 1.29 is 4.42 Å². The van der Waals surface area contributed by atoms with Crippen molar-refractivity contribution in [1.82, 2.24) is 4.57 Å². The fourth-order valence-electron chi connectivity index (χ4n) is 8.26. The van der Waals surface area contributed by atoms with E-state index in [1.165, 1.54) is 44.1 Å². The zero-order chi connectivity index (χ0) is 31.3. The van der Waals surface area contributed by atoms with E-state index < -0.39 is 0 Å². The fourth-order valence-corrected chi connectivity index (χ4v) is 8.26. The molecule has 2 aromatic heterocycles.